The van der Waals surface area contributed by atoms with Crippen molar-refractivity contribution in [2.24, 2.45) is 0 Å². The number of carbonyl (C=O) groups excluding carboxylic acids is 1. The number of hydrogen-bond acceptors (Lipinski definition) is 3. The summed E-state index contributed by atoms with van der Waals surface area (Å²) in [6, 6.07) is 7.16. The number of carbonyl (C=O) groups is 1. The van der Waals surface area contributed by atoms with E-state index < -0.39 is 10.8 Å². The third kappa shape index (κ3) is 4.55. The van der Waals surface area contributed by atoms with Crippen LogP contribution in [0, 0.1) is 0 Å². The smallest absolute Gasteiger partial charge is 0.249 e. The van der Waals surface area contributed by atoms with E-state index in [1.165, 1.54) is 0 Å². The van der Waals surface area contributed by atoms with Crippen LogP contribution in [0.4, 0.5) is 0 Å². The first-order valence-electron chi connectivity index (χ1n) is 7.73. The summed E-state index contributed by atoms with van der Waals surface area (Å²) in [6.45, 7) is 8.33. The molecule has 23 heavy (non-hydrogen) atoms. The molecule has 0 aliphatic carbocycles. The molecular weight excluding hydrogens is 334 g/mol. The maximum absolute atomic E-state index is 12.4. The second-order valence-electron chi connectivity index (χ2n) is 6.86. The molecule has 1 amide bonds. The van der Waals surface area contributed by atoms with Crippen molar-refractivity contribution in [3.63, 3.8) is 0 Å². The summed E-state index contributed by atoms with van der Waals surface area (Å²) in [5, 5.41) is 0.658. The van der Waals surface area contributed by atoms with Crippen LogP contribution in [0.3, 0.4) is 0 Å². The van der Waals surface area contributed by atoms with Crippen molar-refractivity contribution < 1.29 is 13.7 Å². The van der Waals surface area contributed by atoms with Gasteiger partial charge in [0.25, 0.3) is 0 Å². The van der Waals surface area contributed by atoms with Crippen molar-refractivity contribution >= 4 is 28.3 Å². The van der Waals surface area contributed by atoms with Crippen LogP contribution in [0.2, 0.25) is 5.02 Å². The molecule has 0 bridgehead atoms. The minimum atomic E-state index is -1.01. The third-order valence-electron chi connectivity index (χ3n) is 3.93. The van der Waals surface area contributed by atoms with Gasteiger partial charge in [0, 0.05) is 32.4 Å². The SMILES string of the molecule is CC(CS(=O)C(C)(C)C)N1C(=O)COCC1c1ccc(Cl)cc1. The standard InChI is InChI=1S/C17H24ClNO3S/c1-12(11-23(21)17(2,3)4)19-15(9-22-10-16(19)20)13-5-7-14(18)8-6-13/h5-8,12,15H,9-11H2,1-4H3. The zero-order valence-corrected chi connectivity index (χ0v) is 15.6. The fourth-order valence-electron chi connectivity index (χ4n) is 2.63. The van der Waals surface area contributed by atoms with E-state index in [2.05, 4.69) is 0 Å². The molecule has 0 spiro atoms. The van der Waals surface area contributed by atoms with Gasteiger partial charge in [-0.3, -0.25) is 9.00 Å². The summed E-state index contributed by atoms with van der Waals surface area (Å²) in [5.74, 6) is 0.397. The molecule has 1 aliphatic heterocycles. The van der Waals surface area contributed by atoms with Gasteiger partial charge in [-0.2, -0.15) is 0 Å². The molecule has 1 saturated heterocycles. The fraction of sp³-hybridized carbons (Fsp3) is 0.588. The average Bonchev–Trinajstić information content (AvgIpc) is 2.46. The van der Waals surface area contributed by atoms with Gasteiger partial charge in [0.05, 0.1) is 12.6 Å². The number of ether oxygens (including phenoxy) is 1. The Labute approximate surface area is 145 Å². The summed E-state index contributed by atoms with van der Waals surface area (Å²) in [5.41, 5.74) is 0.982. The van der Waals surface area contributed by atoms with E-state index in [1.54, 1.807) is 0 Å². The second-order valence-corrected chi connectivity index (χ2v) is 9.54. The highest BCUT2D eigenvalue weighted by molar-refractivity contribution is 7.86. The van der Waals surface area contributed by atoms with Crippen LogP contribution in [0.5, 0.6) is 0 Å². The van der Waals surface area contributed by atoms with Crippen molar-refractivity contribution in [2.45, 2.75) is 44.5 Å². The Bertz CT molecular complexity index is 582. The molecule has 4 nitrogen and oxygen atoms in total. The lowest BCUT2D eigenvalue weighted by Crippen LogP contribution is -2.51. The van der Waals surface area contributed by atoms with Crippen molar-refractivity contribution in [2.75, 3.05) is 19.0 Å². The molecule has 1 aromatic carbocycles. The van der Waals surface area contributed by atoms with Gasteiger partial charge in [0.2, 0.25) is 5.91 Å². The number of halogens is 1. The maximum Gasteiger partial charge on any atom is 0.249 e. The topological polar surface area (TPSA) is 46.6 Å². The molecule has 0 saturated carbocycles. The van der Waals surface area contributed by atoms with Gasteiger partial charge in [-0.05, 0) is 45.4 Å². The van der Waals surface area contributed by atoms with Crippen LogP contribution < -0.4 is 0 Å². The van der Waals surface area contributed by atoms with E-state index in [1.807, 2.05) is 56.9 Å². The predicted octanol–water partition coefficient (Wildman–Crippen LogP) is 3.18. The minimum Gasteiger partial charge on any atom is -0.369 e. The lowest BCUT2D eigenvalue weighted by Gasteiger charge is -2.40. The number of amides is 1. The first kappa shape index (κ1) is 18.4. The van der Waals surface area contributed by atoms with Gasteiger partial charge in [-0.15, -0.1) is 0 Å². The Morgan fingerprint density at radius 3 is 2.52 bits per heavy atom. The molecular formula is C17H24ClNO3S. The van der Waals surface area contributed by atoms with Gasteiger partial charge in [0.1, 0.15) is 6.61 Å². The third-order valence-corrected chi connectivity index (χ3v) is 6.33. The summed E-state index contributed by atoms with van der Waals surface area (Å²) < 4.78 is 17.6. The average molecular weight is 358 g/mol. The van der Waals surface area contributed by atoms with E-state index in [9.17, 15) is 9.00 Å². The zero-order chi connectivity index (χ0) is 17.2. The van der Waals surface area contributed by atoms with Crippen LogP contribution in [0.1, 0.15) is 39.3 Å². The van der Waals surface area contributed by atoms with E-state index in [-0.39, 0.29) is 29.3 Å². The summed E-state index contributed by atoms with van der Waals surface area (Å²) >= 11 is 5.95. The number of benzene rings is 1. The predicted molar refractivity (Wildman–Crippen MR) is 94.1 cm³/mol. The lowest BCUT2D eigenvalue weighted by molar-refractivity contribution is -0.151. The quantitative estimate of drug-likeness (QED) is 0.831. The highest BCUT2D eigenvalue weighted by atomic mass is 35.5. The maximum atomic E-state index is 12.4. The minimum absolute atomic E-state index is 0.0605. The van der Waals surface area contributed by atoms with Gasteiger partial charge in [0.15, 0.2) is 0 Å². The van der Waals surface area contributed by atoms with Gasteiger partial charge < -0.3 is 9.64 Å². The van der Waals surface area contributed by atoms with Crippen LogP contribution in [0.15, 0.2) is 24.3 Å². The molecule has 1 heterocycles. The van der Waals surface area contributed by atoms with Crippen LogP contribution in [-0.2, 0) is 20.3 Å². The molecule has 0 radical (unpaired) electrons. The molecule has 3 atom stereocenters. The monoisotopic (exact) mass is 357 g/mol. The van der Waals surface area contributed by atoms with Gasteiger partial charge >= 0.3 is 0 Å². The van der Waals surface area contributed by atoms with Gasteiger partial charge in [-0.25, -0.2) is 0 Å². The Balaban J connectivity index is 2.22. The van der Waals surface area contributed by atoms with Crippen LogP contribution in [-0.4, -0.2) is 44.8 Å². The second kappa shape index (κ2) is 7.32. The molecule has 6 heteroatoms. The number of morpholine rings is 1. The van der Waals surface area contributed by atoms with Crippen molar-refractivity contribution in [1.29, 1.82) is 0 Å². The highest BCUT2D eigenvalue weighted by Crippen LogP contribution is 2.29. The number of nitrogens with zero attached hydrogens (tertiary/aromatic N) is 1. The molecule has 0 N–H and O–H groups in total. The van der Waals surface area contributed by atoms with E-state index in [0.29, 0.717) is 17.4 Å². The first-order valence-corrected chi connectivity index (χ1v) is 9.42. The fourth-order valence-corrected chi connectivity index (χ4v) is 3.86. The Morgan fingerprint density at radius 1 is 1.35 bits per heavy atom. The summed E-state index contributed by atoms with van der Waals surface area (Å²) in [6.07, 6.45) is 0. The lowest BCUT2D eigenvalue weighted by atomic mass is 10.0. The summed E-state index contributed by atoms with van der Waals surface area (Å²) in [4.78, 5) is 14.2. The van der Waals surface area contributed by atoms with Crippen LogP contribution in [0.25, 0.3) is 0 Å². The molecule has 1 aliphatic rings. The molecule has 2 rings (SSSR count). The molecule has 1 aromatic rings. The summed E-state index contributed by atoms with van der Waals surface area (Å²) in [7, 11) is -1.01. The molecule has 0 aromatic heterocycles. The number of hydrogen-bond donors (Lipinski definition) is 0. The van der Waals surface area contributed by atoms with Crippen molar-refractivity contribution in [3.05, 3.63) is 34.9 Å². The normalized spacial score (nSPS) is 22.0. The van der Waals surface area contributed by atoms with Crippen LogP contribution >= 0.6 is 11.6 Å². The van der Waals surface area contributed by atoms with Gasteiger partial charge in [-0.1, -0.05) is 23.7 Å². The molecule has 128 valence electrons. The van der Waals surface area contributed by atoms with E-state index in [4.69, 9.17) is 16.3 Å². The number of rotatable bonds is 4. The molecule has 3 unspecified atom stereocenters. The Kier molecular flexibility index (Phi) is 5.87. The first-order chi connectivity index (χ1) is 10.7. The van der Waals surface area contributed by atoms with E-state index >= 15 is 0 Å². The highest BCUT2D eigenvalue weighted by Gasteiger charge is 2.35. The molecule has 1 fully saturated rings. The van der Waals surface area contributed by atoms with Crippen molar-refractivity contribution in [3.8, 4) is 0 Å². The Morgan fingerprint density at radius 2 is 1.96 bits per heavy atom. The Hall–Kier alpha value is -0.910. The van der Waals surface area contributed by atoms with Crippen molar-refractivity contribution in [1.82, 2.24) is 4.90 Å². The zero-order valence-electron chi connectivity index (χ0n) is 14.0. The largest absolute Gasteiger partial charge is 0.369 e. The van der Waals surface area contributed by atoms with E-state index in [0.717, 1.165) is 5.56 Å².